The van der Waals surface area contributed by atoms with Gasteiger partial charge in [0.2, 0.25) is 15.9 Å². The van der Waals surface area contributed by atoms with Crippen LogP contribution in [0.3, 0.4) is 0 Å². The van der Waals surface area contributed by atoms with Crippen molar-refractivity contribution in [2.45, 2.75) is 11.4 Å². The minimum Gasteiger partial charge on any atom is -0.497 e. The molecule has 0 fully saturated rings. The molecule has 0 spiro atoms. The van der Waals surface area contributed by atoms with E-state index < -0.39 is 10.0 Å². The number of amides is 1. The van der Waals surface area contributed by atoms with Gasteiger partial charge in [-0.2, -0.15) is 5.10 Å². The van der Waals surface area contributed by atoms with E-state index >= 15 is 0 Å². The summed E-state index contributed by atoms with van der Waals surface area (Å²) in [5.41, 5.74) is 0.759. The number of carbonyl (C=O) groups excluding carboxylic acids is 1. The van der Waals surface area contributed by atoms with Gasteiger partial charge >= 0.3 is 0 Å². The van der Waals surface area contributed by atoms with Crippen LogP contribution in [-0.2, 0) is 21.4 Å². The molecule has 0 atom stereocenters. The zero-order valence-corrected chi connectivity index (χ0v) is 18.9. The minimum atomic E-state index is -3.72. The van der Waals surface area contributed by atoms with Crippen molar-refractivity contribution in [1.29, 1.82) is 0 Å². The molecule has 31 heavy (non-hydrogen) atoms. The molecular formula is C19H20ClN5O4S2. The monoisotopic (exact) mass is 481 g/mol. The van der Waals surface area contributed by atoms with Gasteiger partial charge in [-0.15, -0.1) is 0 Å². The second-order valence-electron chi connectivity index (χ2n) is 6.37. The van der Waals surface area contributed by atoms with Crippen LogP contribution < -0.4 is 14.8 Å². The van der Waals surface area contributed by atoms with Crippen LogP contribution in [0.25, 0.3) is 11.4 Å². The van der Waals surface area contributed by atoms with Crippen LogP contribution in [-0.4, -0.2) is 49.3 Å². The van der Waals surface area contributed by atoms with Crippen LogP contribution in [0.15, 0.2) is 53.4 Å². The molecule has 1 amide bonds. The van der Waals surface area contributed by atoms with Gasteiger partial charge in [0.05, 0.1) is 12.0 Å². The number of aromatic nitrogens is 3. The molecule has 0 saturated heterocycles. The number of rotatable bonds is 9. The van der Waals surface area contributed by atoms with E-state index in [-0.39, 0.29) is 30.4 Å². The Hall–Kier alpha value is -2.73. The predicted octanol–water partition coefficient (Wildman–Crippen LogP) is 2.36. The predicted molar refractivity (Wildman–Crippen MR) is 119 cm³/mol. The maximum atomic E-state index is 12.4. The summed E-state index contributed by atoms with van der Waals surface area (Å²) in [6.07, 6.45) is 0. The number of H-pyrrole nitrogens is 1. The van der Waals surface area contributed by atoms with Crippen molar-refractivity contribution in [1.82, 2.24) is 24.8 Å². The third-order valence-electron chi connectivity index (χ3n) is 4.25. The molecule has 0 radical (unpaired) electrons. The summed E-state index contributed by atoms with van der Waals surface area (Å²) in [6.45, 7) is 0.0438. The second kappa shape index (κ2) is 10.1. The van der Waals surface area contributed by atoms with Crippen LogP contribution in [0.1, 0.15) is 0 Å². The Labute approximate surface area is 189 Å². The smallest absolute Gasteiger partial charge is 0.240 e. The number of methoxy groups -OCH3 is 1. The fraction of sp³-hybridized carbons (Fsp3) is 0.211. The molecule has 0 saturated carbocycles. The van der Waals surface area contributed by atoms with Crippen LogP contribution in [0.2, 0.25) is 5.02 Å². The largest absolute Gasteiger partial charge is 0.497 e. The highest BCUT2D eigenvalue weighted by Gasteiger charge is 2.15. The van der Waals surface area contributed by atoms with Gasteiger partial charge < -0.3 is 10.1 Å². The topological polar surface area (TPSA) is 118 Å². The molecule has 1 heterocycles. The number of hydrogen-bond acceptors (Lipinski definition) is 6. The van der Waals surface area contributed by atoms with Gasteiger partial charge in [-0.05, 0) is 54.7 Å². The molecule has 0 aliphatic rings. The van der Waals surface area contributed by atoms with Crippen molar-refractivity contribution in [3.8, 4) is 17.1 Å². The highest BCUT2D eigenvalue weighted by atomic mass is 35.5. The van der Waals surface area contributed by atoms with Gasteiger partial charge in [-0.1, -0.05) is 17.7 Å². The first-order chi connectivity index (χ1) is 14.8. The molecule has 2 aromatic carbocycles. The summed E-state index contributed by atoms with van der Waals surface area (Å²) in [6, 6.07) is 13.1. The number of nitrogens with zero attached hydrogens (tertiary/aromatic N) is 2. The number of halogens is 1. The minimum absolute atomic E-state index is 0.0166. The fourth-order valence-corrected chi connectivity index (χ4v) is 4.26. The summed E-state index contributed by atoms with van der Waals surface area (Å²) in [5.74, 6) is 0.862. The van der Waals surface area contributed by atoms with Gasteiger partial charge in [-0.3, -0.25) is 14.5 Å². The number of nitrogens with one attached hydrogen (secondary N) is 3. The molecular weight excluding hydrogens is 462 g/mol. The lowest BCUT2D eigenvalue weighted by molar-refractivity contribution is -0.121. The highest BCUT2D eigenvalue weighted by Crippen LogP contribution is 2.21. The second-order valence-corrected chi connectivity index (χ2v) is 8.96. The van der Waals surface area contributed by atoms with Crippen LogP contribution in [0, 0.1) is 4.77 Å². The molecule has 164 valence electrons. The van der Waals surface area contributed by atoms with Gasteiger partial charge in [0, 0.05) is 23.7 Å². The Balaban J connectivity index is 1.57. The van der Waals surface area contributed by atoms with Crippen molar-refractivity contribution < 1.29 is 17.9 Å². The number of benzene rings is 2. The third kappa shape index (κ3) is 5.91. The molecule has 0 aliphatic heterocycles. The van der Waals surface area contributed by atoms with Gasteiger partial charge in [0.25, 0.3) is 0 Å². The first-order valence-corrected chi connectivity index (χ1v) is 11.4. The van der Waals surface area contributed by atoms with Gasteiger partial charge in [0.15, 0.2) is 10.6 Å². The Kier molecular flexibility index (Phi) is 7.44. The molecule has 0 aliphatic carbocycles. The fourth-order valence-electron chi connectivity index (χ4n) is 2.73. The Morgan fingerprint density at radius 1 is 1.23 bits per heavy atom. The summed E-state index contributed by atoms with van der Waals surface area (Å²) in [4.78, 5) is 12.4. The average Bonchev–Trinajstić information content (AvgIpc) is 3.11. The van der Waals surface area contributed by atoms with Crippen molar-refractivity contribution in [2.24, 2.45) is 0 Å². The van der Waals surface area contributed by atoms with Crippen LogP contribution >= 0.6 is 23.8 Å². The lowest BCUT2D eigenvalue weighted by Crippen LogP contribution is -2.36. The number of carbonyl (C=O) groups is 1. The van der Waals surface area contributed by atoms with Crippen molar-refractivity contribution in [2.75, 3.05) is 20.2 Å². The summed E-state index contributed by atoms with van der Waals surface area (Å²) < 4.78 is 33.9. The van der Waals surface area contributed by atoms with E-state index in [1.165, 1.54) is 12.1 Å². The molecule has 0 bridgehead atoms. The number of sulfonamides is 1. The quantitative estimate of drug-likeness (QED) is 0.319. The van der Waals surface area contributed by atoms with E-state index in [4.69, 9.17) is 28.6 Å². The Morgan fingerprint density at radius 3 is 2.65 bits per heavy atom. The average molecular weight is 482 g/mol. The summed E-state index contributed by atoms with van der Waals surface area (Å²) >= 11 is 11.1. The van der Waals surface area contributed by atoms with E-state index in [1.54, 1.807) is 35.9 Å². The highest BCUT2D eigenvalue weighted by molar-refractivity contribution is 7.89. The van der Waals surface area contributed by atoms with E-state index in [9.17, 15) is 13.2 Å². The zero-order chi connectivity index (χ0) is 22.4. The van der Waals surface area contributed by atoms with Crippen LogP contribution in [0.4, 0.5) is 0 Å². The number of ether oxygens (including phenoxy) is 1. The zero-order valence-electron chi connectivity index (χ0n) is 16.5. The third-order valence-corrected chi connectivity index (χ3v) is 6.26. The molecule has 9 nitrogen and oxygen atoms in total. The molecule has 12 heteroatoms. The van der Waals surface area contributed by atoms with Crippen LogP contribution in [0.5, 0.6) is 5.75 Å². The SMILES string of the molecule is COc1ccc(-c2n[nH]c(=S)n2CC(=O)NCCNS(=O)(=O)c2cccc(Cl)c2)cc1. The van der Waals surface area contributed by atoms with E-state index in [0.717, 1.165) is 5.56 Å². The first kappa shape index (κ1) is 22.9. The summed E-state index contributed by atoms with van der Waals surface area (Å²) in [7, 11) is -2.14. The van der Waals surface area contributed by atoms with Crippen molar-refractivity contribution in [3.05, 3.63) is 58.3 Å². The summed E-state index contributed by atoms with van der Waals surface area (Å²) in [5, 5.41) is 9.85. The van der Waals surface area contributed by atoms with E-state index in [0.29, 0.717) is 21.4 Å². The Morgan fingerprint density at radius 2 is 1.97 bits per heavy atom. The molecule has 0 unspecified atom stereocenters. The van der Waals surface area contributed by atoms with E-state index in [2.05, 4.69) is 20.2 Å². The first-order valence-electron chi connectivity index (χ1n) is 9.12. The maximum Gasteiger partial charge on any atom is 0.240 e. The lowest BCUT2D eigenvalue weighted by Gasteiger charge is -2.10. The van der Waals surface area contributed by atoms with Gasteiger partial charge in [-0.25, -0.2) is 13.1 Å². The van der Waals surface area contributed by atoms with Crippen molar-refractivity contribution in [3.63, 3.8) is 0 Å². The Bertz CT molecular complexity index is 1220. The number of aromatic amines is 1. The lowest BCUT2D eigenvalue weighted by atomic mass is 10.2. The molecule has 3 rings (SSSR count). The van der Waals surface area contributed by atoms with Gasteiger partial charge in [0.1, 0.15) is 12.3 Å². The molecule has 1 aromatic heterocycles. The standard InChI is InChI=1S/C19H20ClN5O4S2/c1-29-15-7-5-13(6-8-15)18-23-24-19(30)25(18)12-17(26)21-9-10-22-31(27,28)16-4-2-3-14(20)11-16/h2-8,11,22H,9-10,12H2,1H3,(H,21,26)(H,24,30). The van der Waals surface area contributed by atoms with E-state index in [1.807, 2.05) is 12.1 Å². The number of hydrogen-bond donors (Lipinski definition) is 3. The maximum absolute atomic E-state index is 12.4. The normalized spacial score (nSPS) is 11.3. The molecule has 3 aromatic rings. The molecule has 3 N–H and O–H groups in total. The van der Waals surface area contributed by atoms with Crippen molar-refractivity contribution >= 4 is 39.7 Å².